The Hall–Kier alpha value is -1.81. The minimum atomic E-state index is -0.407. The fraction of sp³-hybridized carbons (Fsp3) is 0.667. The van der Waals surface area contributed by atoms with Gasteiger partial charge < -0.3 is 23.8 Å². The lowest BCUT2D eigenvalue weighted by Crippen LogP contribution is -2.36. The van der Waals surface area contributed by atoms with E-state index in [9.17, 15) is 0 Å². The molecular weight excluding hydrogens is 314 g/mol. The predicted molar refractivity (Wildman–Crippen MR) is 87.0 cm³/mol. The lowest BCUT2D eigenvalue weighted by atomic mass is 10.1. The minimum absolute atomic E-state index is 0.234. The molecule has 2 aromatic rings. The highest BCUT2D eigenvalue weighted by Crippen LogP contribution is 2.35. The molecule has 1 aliphatic rings. The summed E-state index contributed by atoms with van der Waals surface area (Å²) >= 11 is 0. The van der Waals surface area contributed by atoms with Crippen LogP contribution in [0.1, 0.15) is 6.23 Å². The van der Waals surface area contributed by atoms with Gasteiger partial charge in [0.25, 0.3) is 0 Å². The first kappa shape index (κ1) is 17.0. The number of fused-ring (bicyclic) bond motifs is 1. The third kappa shape index (κ3) is 2.73. The molecule has 0 amide bonds. The molecule has 1 aliphatic heterocycles. The molecule has 0 aromatic carbocycles. The molecule has 4 atom stereocenters. The van der Waals surface area contributed by atoms with Crippen LogP contribution in [0.3, 0.4) is 0 Å². The quantitative estimate of drug-likeness (QED) is 0.752. The molecule has 4 unspecified atom stereocenters. The van der Waals surface area contributed by atoms with Gasteiger partial charge in [0, 0.05) is 35.4 Å². The number of ether oxygens (including phenoxy) is 4. The first-order valence-corrected chi connectivity index (χ1v) is 7.67. The van der Waals surface area contributed by atoms with E-state index in [0.29, 0.717) is 17.8 Å². The number of imidazole rings is 1. The van der Waals surface area contributed by atoms with Crippen molar-refractivity contribution >= 4 is 17.0 Å². The summed E-state index contributed by atoms with van der Waals surface area (Å²) < 4.78 is 24.5. The summed E-state index contributed by atoms with van der Waals surface area (Å²) in [4.78, 5) is 15.0. The smallest absolute Gasteiger partial charge is 0.167 e. The molecule has 0 spiro atoms. The second-order valence-electron chi connectivity index (χ2n) is 5.84. The van der Waals surface area contributed by atoms with E-state index in [0.717, 1.165) is 5.82 Å². The molecule has 9 nitrogen and oxygen atoms in total. The van der Waals surface area contributed by atoms with E-state index in [1.165, 1.54) is 6.33 Å². The zero-order valence-electron chi connectivity index (χ0n) is 14.5. The standard InChI is InChI=1S/C15H23N5O4/c1-19(2)13-10-14(17-7-16-13)20(8-18-10)15-12(23-5)11(22-4)9(24-15)6-21-3/h7-9,11-12,15H,6H2,1-5H3. The third-order valence-electron chi connectivity index (χ3n) is 4.20. The SMILES string of the molecule is COCC1OC(n2cnc3c(N(C)C)ncnc32)C(OC)C1OC. The third-order valence-corrected chi connectivity index (χ3v) is 4.20. The van der Waals surface area contributed by atoms with Crippen molar-refractivity contribution in [2.75, 3.05) is 46.9 Å². The maximum atomic E-state index is 6.14. The van der Waals surface area contributed by atoms with Gasteiger partial charge in [0.2, 0.25) is 0 Å². The van der Waals surface area contributed by atoms with E-state index in [1.807, 2.05) is 23.6 Å². The summed E-state index contributed by atoms with van der Waals surface area (Å²) in [6.07, 6.45) is 2.04. The Kier molecular flexibility index (Phi) is 4.95. The number of hydrogen-bond donors (Lipinski definition) is 0. The molecule has 1 fully saturated rings. The first-order chi connectivity index (χ1) is 11.6. The zero-order valence-corrected chi connectivity index (χ0v) is 14.5. The summed E-state index contributed by atoms with van der Waals surface area (Å²) in [7, 11) is 8.75. The Balaban J connectivity index is 2.01. The van der Waals surface area contributed by atoms with E-state index < -0.39 is 6.23 Å². The Morgan fingerprint density at radius 1 is 1.12 bits per heavy atom. The number of methoxy groups -OCH3 is 3. The van der Waals surface area contributed by atoms with Crippen molar-refractivity contribution in [3.05, 3.63) is 12.7 Å². The molecular formula is C15H23N5O4. The van der Waals surface area contributed by atoms with Crippen LogP contribution in [0.25, 0.3) is 11.2 Å². The lowest BCUT2D eigenvalue weighted by molar-refractivity contribution is -0.0636. The highest BCUT2D eigenvalue weighted by Gasteiger charge is 2.46. The maximum Gasteiger partial charge on any atom is 0.167 e. The van der Waals surface area contributed by atoms with E-state index in [2.05, 4.69) is 15.0 Å². The Bertz CT molecular complexity index is 692. The number of anilines is 1. The Morgan fingerprint density at radius 3 is 2.50 bits per heavy atom. The number of nitrogens with zero attached hydrogens (tertiary/aromatic N) is 5. The van der Waals surface area contributed by atoms with Crippen molar-refractivity contribution < 1.29 is 18.9 Å². The van der Waals surface area contributed by atoms with Crippen LogP contribution in [0.4, 0.5) is 5.82 Å². The van der Waals surface area contributed by atoms with Crippen LogP contribution < -0.4 is 4.90 Å². The molecule has 0 saturated carbocycles. The van der Waals surface area contributed by atoms with Gasteiger partial charge in [0.1, 0.15) is 24.6 Å². The van der Waals surface area contributed by atoms with Crippen molar-refractivity contribution in [2.45, 2.75) is 24.5 Å². The summed E-state index contributed by atoms with van der Waals surface area (Å²) in [5, 5.41) is 0. The normalized spacial score (nSPS) is 27.0. The Morgan fingerprint density at radius 2 is 1.88 bits per heavy atom. The maximum absolute atomic E-state index is 6.14. The van der Waals surface area contributed by atoms with Gasteiger partial charge in [-0.25, -0.2) is 15.0 Å². The van der Waals surface area contributed by atoms with Gasteiger partial charge in [-0.05, 0) is 0 Å². The van der Waals surface area contributed by atoms with E-state index >= 15 is 0 Å². The van der Waals surface area contributed by atoms with Gasteiger partial charge >= 0.3 is 0 Å². The molecule has 0 aliphatic carbocycles. The van der Waals surface area contributed by atoms with Crippen molar-refractivity contribution in [1.82, 2.24) is 19.5 Å². The van der Waals surface area contributed by atoms with Crippen LogP contribution >= 0.6 is 0 Å². The van der Waals surface area contributed by atoms with Crippen LogP contribution in [0.5, 0.6) is 0 Å². The van der Waals surface area contributed by atoms with Gasteiger partial charge in [0.15, 0.2) is 23.2 Å². The largest absolute Gasteiger partial charge is 0.382 e. The second-order valence-corrected chi connectivity index (χ2v) is 5.84. The molecule has 132 valence electrons. The van der Waals surface area contributed by atoms with Crippen molar-refractivity contribution in [1.29, 1.82) is 0 Å². The minimum Gasteiger partial charge on any atom is -0.382 e. The molecule has 0 bridgehead atoms. The summed E-state index contributed by atoms with van der Waals surface area (Å²) in [6, 6.07) is 0. The van der Waals surface area contributed by atoms with E-state index in [1.54, 1.807) is 27.7 Å². The van der Waals surface area contributed by atoms with Gasteiger partial charge in [-0.3, -0.25) is 4.57 Å². The fourth-order valence-electron chi connectivity index (χ4n) is 3.12. The highest BCUT2D eigenvalue weighted by molar-refractivity contribution is 5.83. The molecule has 2 aromatic heterocycles. The van der Waals surface area contributed by atoms with E-state index in [-0.39, 0.29) is 18.3 Å². The van der Waals surface area contributed by atoms with Crippen LogP contribution in [-0.4, -0.2) is 79.9 Å². The highest BCUT2D eigenvalue weighted by atomic mass is 16.6. The van der Waals surface area contributed by atoms with Crippen LogP contribution in [0, 0.1) is 0 Å². The lowest BCUT2D eigenvalue weighted by Gasteiger charge is -2.22. The molecule has 1 saturated heterocycles. The topological polar surface area (TPSA) is 83.8 Å². The molecule has 9 heteroatoms. The predicted octanol–water partition coefficient (Wildman–Crippen LogP) is 0.466. The molecule has 0 N–H and O–H groups in total. The van der Waals surface area contributed by atoms with Gasteiger partial charge in [-0.2, -0.15) is 0 Å². The Labute approximate surface area is 140 Å². The van der Waals surface area contributed by atoms with Crippen molar-refractivity contribution in [3.8, 4) is 0 Å². The van der Waals surface area contributed by atoms with Gasteiger partial charge in [-0.1, -0.05) is 0 Å². The molecule has 24 heavy (non-hydrogen) atoms. The molecule has 0 radical (unpaired) electrons. The number of aromatic nitrogens is 4. The number of hydrogen-bond acceptors (Lipinski definition) is 8. The summed E-state index contributed by atoms with van der Waals surface area (Å²) in [6.45, 7) is 0.416. The fourth-order valence-corrected chi connectivity index (χ4v) is 3.12. The average Bonchev–Trinajstić information content (AvgIpc) is 3.15. The van der Waals surface area contributed by atoms with Crippen LogP contribution in [0.2, 0.25) is 0 Å². The number of rotatable bonds is 6. The molecule has 3 rings (SSSR count). The second kappa shape index (κ2) is 6.98. The first-order valence-electron chi connectivity index (χ1n) is 7.67. The monoisotopic (exact) mass is 337 g/mol. The van der Waals surface area contributed by atoms with Gasteiger partial charge in [-0.15, -0.1) is 0 Å². The summed E-state index contributed by atoms with van der Waals surface area (Å²) in [5.74, 6) is 0.752. The summed E-state index contributed by atoms with van der Waals surface area (Å²) in [5.41, 5.74) is 1.40. The average molecular weight is 337 g/mol. The van der Waals surface area contributed by atoms with Crippen LogP contribution in [0.15, 0.2) is 12.7 Å². The van der Waals surface area contributed by atoms with Crippen molar-refractivity contribution in [3.63, 3.8) is 0 Å². The van der Waals surface area contributed by atoms with Crippen molar-refractivity contribution in [2.24, 2.45) is 0 Å². The van der Waals surface area contributed by atoms with Crippen LogP contribution in [-0.2, 0) is 18.9 Å². The molecule has 3 heterocycles. The zero-order chi connectivity index (χ0) is 17.3. The van der Waals surface area contributed by atoms with E-state index in [4.69, 9.17) is 18.9 Å². The van der Waals surface area contributed by atoms with Gasteiger partial charge in [0.05, 0.1) is 12.9 Å².